The zero-order valence-corrected chi connectivity index (χ0v) is 17.1. The van der Waals surface area contributed by atoms with Gasteiger partial charge in [0.25, 0.3) is 10.0 Å². The Morgan fingerprint density at radius 2 is 1.89 bits per heavy atom. The number of amides is 2. The number of benzene rings is 2. The maximum Gasteiger partial charge on any atom is 0.319 e. The van der Waals surface area contributed by atoms with Gasteiger partial charge in [-0.3, -0.25) is 4.72 Å². The van der Waals surface area contributed by atoms with Gasteiger partial charge in [0.05, 0.1) is 16.7 Å². The molecule has 28 heavy (non-hydrogen) atoms. The highest BCUT2D eigenvalue weighted by atomic mass is 32.2. The molecule has 0 aliphatic heterocycles. The number of methoxy groups -OCH3 is 1. The first-order chi connectivity index (χ1) is 13.3. The van der Waals surface area contributed by atoms with Crippen molar-refractivity contribution in [2.45, 2.75) is 24.8 Å². The molecule has 0 saturated carbocycles. The van der Waals surface area contributed by atoms with Crippen LogP contribution in [0.25, 0.3) is 10.2 Å². The predicted octanol–water partition coefficient (Wildman–Crippen LogP) is 3.64. The van der Waals surface area contributed by atoms with Crippen molar-refractivity contribution in [3.05, 3.63) is 42.5 Å². The average molecular weight is 421 g/mol. The lowest BCUT2D eigenvalue weighted by Crippen LogP contribution is -2.34. The predicted molar refractivity (Wildman–Crippen MR) is 111 cm³/mol. The molecule has 3 N–H and O–H groups in total. The summed E-state index contributed by atoms with van der Waals surface area (Å²) in [6.45, 7) is 3.72. The Hall–Kier alpha value is -2.85. The summed E-state index contributed by atoms with van der Waals surface area (Å²) in [5.41, 5.74) is 1.02. The molecular formula is C18H20N4O4S2. The van der Waals surface area contributed by atoms with E-state index in [9.17, 15) is 13.2 Å². The van der Waals surface area contributed by atoms with Gasteiger partial charge in [-0.05, 0) is 32.0 Å². The molecule has 148 valence electrons. The van der Waals surface area contributed by atoms with E-state index in [4.69, 9.17) is 4.74 Å². The van der Waals surface area contributed by atoms with Crippen molar-refractivity contribution in [1.29, 1.82) is 0 Å². The molecule has 3 aromatic rings. The van der Waals surface area contributed by atoms with Crippen LogP contribution in [0.5, 0.6) is 5.75 Å². The number of sulfonamides is 1. The van der Waals surface area contributed by atoms with E-state index in [1.165, 1.54) is 19.2 Å². The van der Waals surface area contributed by atoms with Crippen LogP contribution in [0.3, 0.4) is 0 Å². The van der Waals surface area contributed by atoms with E-state index in [0.717, 1.165) is 11.3 Å². The Labute approximate surface area is 167 Å². The van der Waals surface area contributed by atoms with Crippen LogP contribution < -0.4 is 20.1 Å². The minimum Gasteiger partial charge on any atom is -0.494 e. The van der Waals surface area contributed by atoms with Crippen molar-refractivity contribution in [1.82, 2.24) is 10.3 Å². The number of hydrogen-bond acceptors (Lipinski definition) is 6. The molecule has 0 bridgehead atoms. The number of thiazole rings is 1. The van der Waals surface area contributed by atoms with Crippen LogP contribution in [0.1, 0.15) is 13.8 Å². The van der Waals surface area contributed by atoms with Crippen molar-refractivity contribution in [2.24, 2.45) is 0 Å². The van der Waals surface area contributed by atoms with Crippen LogP contribution in [0.4, 0.5) is 15.6 Å². The largest absolute Gasteiger partial charge is 0.494 e. The summed E-state index contributed by atoms with van der Waals surface area (Å²) >= 11 is 1.15. The third-order valence-corrected chi connectivity index (χ3v) is 6.03. The minimum absolute atomic E-state index is 0.00646. The number of nitrogens with zero attached hydrogens (tertiary/aromatic N) is 1. The zero-order valence-electron chi connectivity index (χ0n) is 15.5. The quantitative estimate of drug-likeness (QED) is 0.564. The van der Waals surface area contributed by atoms with Gasteiger partial charge in [-0.2, -0.15) is 0 Å². The van der Waals surface area contributed by atoms with Gasteiger partial charge in [0, 0.05) is 17.8 Å². The summed E-state index contributed by atoms with van der Waals surface area (Å²) in [5, 5.41) is 5.68. The van der Waals surface area contributed by atoms with Crippen LogP contribution >= 0.6 is 11.3 Å². The van der Waals surface area contributed by atoms with Crippen molar-refractivity contribution < 1.29 is 17.9 Å². The third-order valence-electron chi connectivity index (χ3n) is 3.63. The number of carbonyl (C=O) groups is 1. The smallest absolute Gasteiger partial charge is 0.319 e. The molecule has 0 saturated heterocycles. The lowest BCUT2D eigenvalue weighted by molar-refractivity contribution is 0.250. The highest BCUT2D eigenvalue weighted by molar-refractivity contribution is 7.93. The standard InChI is InChI=1S/C18H20N4O4S2/c1-11(2)19-17(23)20-12-9-14(26-3)16-15(10-12)27-18(21-16)22-28(24,25)13-7-5-4-6-8-13/h4-11H,1-3H3,(H,21,22)(H2,19,20,23). The fraction of sp³-hybridized carbons (Fsp3) is 0.222. The van der Waals surface area contributed by atoms with Crippen LogP contribution in [-0.4, -0.2) is 32.6 Å². The monoisotopic (exact) mass is 420 g/mol. The summed E-state index contributed by atoms with van der Waals surface area (Å²) in [5.74, 6) is 0.429. The van der Waals surface area contributed by atoms with Crippen LogP contribution in [0.15, 0.2) is 47.4 Å². The van der Waals surface area contributed by atoms with Gasteiger partial charge >= 0.3 is 6.03 Å². The number of nitrogens with one attached hydrogen (secondary N) is 3. The normalized spacial score (nSPS) is 11.4. The molecule has 0 atom stereocenters. The third kappa shape index (κ3) is 4.52. The van der Waals surface area contributed by atoms with Gasteiger partial charge in [-0.25, -0.2) is 18.2 Å². The average Bonchev–Trinajstić information content (AvgIpc) is 3.02. The maximum atomic E-state index is 12.5. The summed E-state index contributed by atoms with van der Waals surface area (Å²) in [4.78, 5) is 16.4. The van der Waals surface area contributed by atoms with E-state index in [1.807, 2.05) is 13.8 Å². The Balaban J connectivity index is 1.91. The van der Waals surface area contributed by atoms with Gasteiger partial charge in [-0.1, -0.05) is 29.5 Å². The molecular weight excluding hydrogens is 400 g/mol. The number of rotatable bonds is 6. The highest BCUT2D eigenvalue weighted by Crippen LogP contribution is 2.36. The molecule has 3 rings (SSSR count). The molecule has 0 unspecified atom stereocenters. The van der Waals surface area contributed by atoms with Crippen LogP contribution in [0, 0.1) is 0 Å². The lowest BCUT2D eigenvalue weighted by Gasteiger charge is -2.11. The van der Waals surface area contributed by atoms with Crippen molar-refractivity contribution in [2.75, 3.05) is 17.1 Å². The second-order valence-corrected chi connectivity index (χ2v) is 8.93. The summed E-state index contributed by atoms with van der Waals surface area (Å²) < 4.78 is 33.5. The summed E-state index contributed by atoms with van der Waals surface area (Å²) in [6.07, 6.45) is 0. The highest BCUT2D eigenvalue weighted by Gasteiger charge is 2.18. The molecule has 2 aromatic carbocycles. The molecule has 0 fully saturated rings. The first kappa shape index (κ1) is 19.9. The Kier molecular flexibility index (Phi) is 5.71. The Morgan fingerprint density at radius 3 is 2.54 bits per heavy atom. The minimum atomic E-state index is -3.75. The summed E-state index contributed by atoms with van der Waals surface area (Å²) in [6, 6.07) is 11.1. The number of carbonyl (C=O) groups excluding carboxylic acids is 1. The molecule has 8 nitrogen and oxygen atoms in total. The second kappa shape index (κ2) is 8.03. The number of fused-ring (bicyclic) bond motifs is 1. The van der Waals surface area contributed by atoms with Gasteiger partial charge in [0.2, 0.25) is 0 Å². The Bertz CT molecular complexity index is 1100. The number of anilines is 2. The van der Waals surface area contributed by atoms with Crippen LogP contribution in [-0.2, 0) is 10.0 Å². The van der Waals surface area contributed by atoms with E-state index >= 15 is 0 Å². The van der Waals surface area contributed by atoms with Crippen LogP contribution in [0.2, 0.25) is 0 Å². The Morgan fingerprint density at radius 1 is 1.18 bits per heavy atom. The van der Waals surface area contributed by atoms with E-state index in [1.54, 1.807) is 30.3 Å². The lowest BCUT2D eigenvalue weighted by atomic mass is 10.2. The first-order valence-electron chi connectivity index (χ1n) is 8.42. The van der Waals surface area contributed by atoms with E-state index in [-0.39, 0.29) is 22.1 Å². The van der Waals surface area contributed by atoms with Gasteiger partial charge in [-0.15, -0.1) is 0 Å². The van der Waals surface area contributed by atoms with Gasteiger partial charge in [0.1, 0.15) is 11.3 Å². The topological polar surface area (TPSA) is 109 Å². The van der Waals surface area contributed by atoms with Gasteiger partial charge in [0.15, 0.2) is 5.13 Å². The maximum absolute atomic E-state index is 12.5. The molecule has 0 spiro atoms. The molecule has 1 aromatic heterocycles. The van der Waals surface area contributed by atoms with Crippen molar-refractivity contribution >= 4 is 48.4 Å². The molecule has 1 heterocycles. The number of hydrogen-bond donors (Lipinski definition) is 3. The number of aromatic nitrogens is 1. The fourth-order valence-electron chi connectivity index (χ4n) is 2.47. The molecule has 0 aliphatic rings. The van der Waals surface area contributed by atoms with Crippen molar-refractivity contribution in [3.8, 4) is 5.75 Å². The SMILES string of the molecule is COc1cc(NC(=O)NC(C)C)cc2sc(NS(=O)(=O)c3ccccc3)nc12. The molecule has 0 radical (unpaired) electrons. The molecule has 10 heteroatoms. The van der Waals surface area contributed by atoms with E-state index in [2.05, 4.69) is 20.3 Å². The fourth-order valence-corrected chi connectivity index (χ4v) is 4.65. The molecule has 0 aliphatic carbocycles. The van der Waals surface area contributed by atoms with E-state index in [0.29, 0.717) is 21.7 Å². The first-order valence-corrected chi connectivity index (χ1v) is 10.7. The molecule has 2 amide bonds. The zero-order chi connectivity index (χ0) is 20.3. The second-order valence-electron chi connectivity index (χ2n) is 6.22. The number of ether oxygens (including phenoxy) is 1. The van der Waals surface area contributed by atoms with Gasteiger partial charge < -0.3 is 15.4 Å². The summed E-state index contributed by atoms with van der Waals surface area (Å²) in [7, 11) is -2.26. The number of urea groups is 1. The van der Waals surface area contributed by atoms with E-state index < -0.39 is 10.0 Å². The van der Waals surface area contributed by atoms with Crippen molar-refractivity contribution in [3.63, 3.8) is 0 Å².